The Morgan fingerprint density at radius 2 is 1.57 bits per heavy atom. The molecule has 0 bridgehead atoms. The fourth-order valence-corrected chi connectivity index (χ4v) is 2.81. The van der Waals surface area contributed by atoms with Crippen LogP contribution in [0, 0.1) is 17.5 Å². The van der Waals surface area contributed by atoms with Crippen LogP contribution in [0.2, 0.25) is 0 Å². The summed E-state index contributed by atoms with van der Waals surface area (Å²) in [6, 6.07) is 4.87. The Bertz CT molecular complexity index is 811. The quantitative estimate of drug-likeness (QED) is 0.459. The summed E-state index contributed by atoms with van der Waals surface area (Å²) in [6.45, 7) is 0.0383. The number of carbonyl (C=O) groups is 1. The number of ether oxygens (including phenoxy) is 3. The zero-order chi connectivity index (χ0) is 16.1. The number of rotatable bonds is 1. The SMILES string of the molecule is O=C1C[C@H](c2cc(F)c(F)c(F)c2)c2cc3c(cc2O1)OCO3. The smallest absolute Gasteiger partial charge is 0.312 e. The molecule has 0 aromatic heterocycles. The third-order valence-electron chi connectivity index (χ3n) is 3.88. The van der Waals surface area contributed by atoms with Crippen molar-refractivity contribution in [2.75, 3.05) is 6.79 Å². The summed E-state index contributed by atoms with van der Waals surface area (Å²) >= 11 is 0. The van der Waals surface area contributed by atoms with Crippen molar-refractivity contribution in [2.24, 2.45) is 0 Å². The third-order valence-corrected chi connectivity index (χ3v) is 3.88. The second-order valence-corrected chi connectivity index (χ2v) is 5.27. The number of benzene rings is 2. The molecule has 2 aliphatic rings. The second kappa shape index (κ2) is 4.91. The maximum Gasteiger partial charge on any atom is 0.312 e. The molecule has 0 spiro atoms. The first kappa shape index (κ1) is 13.9. The Morgan fingerprint density at radius 3 is 2.26 bits per heavy atom. The van der Waals surface area contributed by atoms with Gasteiger partial charge in [-0.25, -0.2) is 13.2 Å². The van der Waals surface area contributed by atoms with Crippen LogP contribution < -0.4 is 14.2 Å². The molecular weight excluding hydrogens is 313 g/mol. The second-order valence-electron chi connectivity index (χ2n) is 5.27. The Balaban J connectivity index is 1.86. The molecule has 2 aliphatic heterocycles. The van der Waals surface area contributed by atoms with Gasteiger partial charge < -0.3 is 14.2 Å². The molecule has 2 heterocycles. The van der Waals surface area contributed by atoms with E-state index in [1.54, 1.807) is 6.07 Å². The van der Waals surface area contributed by atoms with Gasteiger partial charge in [0.2, 0.25) is 6.79 Å². The number of fused-ring (bicyclic) bond motifs is 2. The Morgan fingerprint density at radius 1 is 0.913 bits per heavy atom. The van der Waals surface area contributed by atoms with Crippen molar-refractivity contribution in [2.45, 2.75) is 12.3 Å². The molecule has 0 amide bonds. The average Bonchev–Trinajstić information content (AvgIpc) is 2.96. The van der Waals surface area contributed by atoms with Crippen molar-refractivity contribution in [3.05, 3.63) is 52.8 Å². The summed E-state index contributed by atoms with van der Waals surface area (Å²) in [5.74, 6) is -4.25. The van der Waals surface area contributed by atoms with Crippen molar-refractivity contribution in [3.63, 3.8) is 0 Å². The molecule has 0 unspecified atom stereocenters. The average molecular weight is 322 g/mol. The molecule has 118 valence electrons. The predicted octanol–water partition coefficient (Wildman–Crippen LogP) is 3.27. The Labute approximate surface area is 128 Å². The van der Waals surface area contributed by atoms with Crippen molar-refractivity contribution < 1.29 is 32.2 Å². The predicted molar refractivity (Wildman–Crippen MR) is 71.0 cm³/mol. The normalized spacial score (nSPS) is 18.6. The van der Waals surface area contributed by atoms with Crippen LogP contribution >= 0.6 is 0 Å². The molecule has 0 fully saturated rings. The fourth-order valence-electron chi connectivity index (χ4n) is 2.81. The first-order chi connectivity index (χ1) is 11.0. The molecule has 0 radical (unpaired) electrons. The minimum Gasteiger partial charge on any atom is -0.454 e. The summed E-state index contributed by atoms with van der Waals surface area (Å²) in [6.07, 6.45) is -0.114. The maximum absolute atomic E-state index is 13.5. The summed E-state index contributed by atoms with van der Waals surface area (Å²) in [4.78, 5) is 11.8. The van der Waals surface area contributed by atoms with E-state index in [9.17, 15) is 18.0 Å². The van der Waals surface area contributed by atoms with E-state index >= 15 is 0 Å². The van der Waals surface area contributed by atoms with Crippen LogP contribution in [-0.4, -0.2) is 12.8 Å². The first-order valence-electron chi connectivity index (χ1n) is 6.81. The lowest BCUT2D eigenvalue weighted by Gasteiger charge is -2.25. The van der Waals surface area contributed by atoms with Gasteiger partial charge in [0.25, 0.3) is 0 Å². The summed E-state index contributed by atoms with van der Waals surface area (Å²) in [5, 5.41) is 0. The monoisotopic (exact) mass is 322 g/mol. The molecule has 4 nitrogen and oxygen atoms in total. The molecule has 23 heavy (non-hydrogen) atoms. The first-order valence-corrected chi connectivity index (χ1v) is 6.81. The summed E-state index contributed by atoms with van der Waals surface area (Å²) in [5.41, 5.74) is 0.678. The molecule has 1 atom stereocenters. The van der Waals surface area contributed by atoms with Gasteiger partial charge in [0.05, 0.1) is 6.42 Å². The lowest BCUT2D eigenvalue weighted by Crippen LogP contribution is -2.21. The summed E-state index contributed by atoms with van der Waals surface area (Å²) < 4.78 is 55.8. The van der Waals surface area contributed by atoms with E-state index in [1.165, 1.54) is 6.07 Å². The van der Waals surface area contributed by atoms with Gasteiger partial charge in [0, 0.05) is 17.5 Å². The van der Waals surface area contributed by atoms with Crippen LogP contribution in [0.15, 0.2) is 24.3 Å². The van der Waals surface area contributed by atoms with E-state index < -0.39 is 29.3 Å². The zero-order valence-electron chi connectivity index (χ0n) is 11.6. The molecule has 0 saturated carbocycles. The number of halogens is 3. The van der Waals surface area contributed by atoms with E-state index in [2.05, 4.69) is 0 Å². The van der Waals surface area contributed by atoms with Gasteiger partial charge >= 0.3 is 5.97 Å². The van der Waals surface area contributed by atoms with Crippen LogP contribution in [-0.2, 0) is 4.79 Å². The number of carbonyl (C=O) groups excluding carboxylic acids is 1. The van der Waals surface area contributed by atoms with Crippen LogP contribution in [0.3, 0.4) is 0 Å². The molecule has 2 aromatic rings. The third kappa shape index (κ3) is 2.19. The number of hydrogen-bond acceptors (Lipinski definition) is 4. The van der Waals surface area contributed by atoms with Crippen molar-refractivity contribution in [3.8, 4) is 17.2 Å². The highest BCUT2D eigenvalue weighted by atomic mass is 19.2. The van der Waals surface area contributed by atoms with Gasteiger partial charge in [-0.15, -0.1) is 0 Å². The van der Waals surface area contributed by atoms with Crippen molar-refractivity contribution in [1.29, 1.82) is 0 Å². The minimum absolute atomic E-state index is 0.0383. The van der Waals surface area contributed by atoms with Crippen LogP contribution in [0.25, 0.3) is 0 Å². The number of hydrogen-bond donors (Lipinski definition) is 0. The molecule has 7 heteroatoms. The van der Waals surface area contributed by atoms with Gasteiger partial charge in [-0.2, -0.15) is 0 Å². The van der Waals surface area contributed by atoms with E-state index in [0.717, 1.165) is 12.1 Å². The molecule has 0 saturated heterocycles. The van der Waals surface area contributed by atoms with Gasteiger partial charge in [0.15, 0.2) is 29.0 Å². The highest BCUT2D eigenvalue weighted by Crippen LogP contribution is 2.46. The van der Waals surface area contributed by atoms with E-state index in [0.29, 0.717) is 17.1 Å². The van der Waals surface area contributed by atoms with Crippen LogP contribution in [0.5, 0.6) is 17.2 Å². The Kier molecular flexibility index (Phi) is 2.97. The minimum atomic E-state index is -1.54. The van der Waals surface area contributed by atoms with Gasteiger partial charge in [0.1, 0.15) is 5.75 Å². The molecule has 4 rings (SSSR count). The van der Waals surface area contributed by atoms with Gasteiger partial charge in [-0.3, -0.25) is 4.79 Å². The molecule has 0 N–H and O–H groups in total. The molecule has 2 aromatic carbocycles. The van der Waals surface area contributed by atoms with Crippen molar-refractivity contribution >= 4 is 5.97 Å². The van der Waals surface area contributed by atoms with E-state index in [1.807, 2.05) is 0 Å². The van der Waals surface area contributed by atoms with Gasteiger partial charge in [-0.05, 0) is 23.8 Å². The largest absolute Gasteiger partial charge is 0.454 e. The Hall–Kier alpha value is -2.70. The lowest BCUT2D eigenvalue weighted by atomic mass is 9.86. The van der Waals surface area contributed by atoms with Crippen LogP contribution in [0.1, 0.15) is 23.5 Å². The standard InChI is InChI=1S/C16H9F3O4/c17-10-1-7(2-11(18)16(10)19)8-4-15(20)23-12-5-14-13(3-9(8)12)21-6-22-14/h1-3,5,8H,4,6H2/t8-/m1/s1. The topological polar surface area (TPSA) is 44.8 Å². The van der Waals surface area contributed by atoms with Gasteiger partial charge in [-0.1, -0.05) is 0 Å². The van der Waals surface area contributed by atoms with Crippen molar-refractivity contribution in [1.82, 2.24) is 0 Å². The fraction of sp³-hybridized carbons (Fsp3) is 0.188. The van der Waals surface area contributed by atoms with E-state index in [4.69, 9.17) is 14.2 Å². The molecular formula is C16H9F3O4. The molecule has 0 aliphatic carbocycles. The highest BCUT2D eigenvalue weighted by molar-refractivity contribution is 5.78. The maximum atomic E-state index is 13.5. The highest BCUT2D eigenvalue weighted by Gasteiger charge is 2.32. The lowest BCUT2D eigenvalue weighted by molar-refractivity contribution is -0.135. The van der Waals surface area contributed by atoms with Crippen LogP contribution in [0.4, 0.5) is 13.2 Å². The summed E-state index contributed by atoms with van der Waals surface area (Å²) in [7, 11) is 0. The zero-order valence-corrected chi connectivity index (χ0v) is 11.6. The van der Waals surface area contributed by atoms with E-state index in [-0.39, 0.29) is 24.5 Å². The number of esters is 1.